The standard InChI is InChI=1S/C19H25N3O2/c1-3-13-21-17(20)16(18(23)22(14-4-2)19(21)24)12-8-11-15-9-6-5-7-10-15/h5-10,17H,3-4,11,13-14,20H2,1-2H3. The Morgan fingerprint density at radius 2 is 1.79 bits per heavy atom. The van der Waals surface area contributed by atoms with Gasteiger partial charge in [0.2, 0.25) is 0 Å². The monoisotopic (exact) mass is 327 g/mol. The van der Waals surface area contributed by atoms with E-state index in [1.165, 1.54) is 4.90 Å². The summed E-state index contributed by atoms with van der Waals surface area (Å²) in [6.07, 6.45) is 3.25. The third kappa shape index (κ3) is 3.94. The molecule has 0 aromatic heterocycles. The molecule has 0 aliphatic carbocycles. The highest BCUT2D eigenvalue weighted by molar-refractivity contribution is 6.07. The zero-order chi connectivity index (χ0) is 17.5. The lowest BCUT2D eigenvalue weighted by Gasteiger charge is -2.39. The van der Waals surface area contributed by atoms with Crippen LogP contribution >= 0.6 is 0 Å². The van der Waals surface area contributed by atoms with Gasteiger partial charge in [-0.25, -0.2) is 4.79 Å². The van der Waals surface area contributed by atoms with Crippen LogP contribution in [0.2, 0.25) is 0 Å². The van der Waals surface area contributed by atoms with Gasteiger partial charge in [-0.15, -0.1) is 5.73 Å². The van der Waals surface area contributed by atoms with Crippen molar-refractivity contribution in [1.82, 2.24) is 9.80 Å². The molecule has 0 spiro atoms. The molecule has 2 rings (SSSR count). The molecular formula is C19H25N3O2. The number of imide groups is 1. The quantitative estimate of drug-likeness (QED) is 0.645. The number of carbonyl (C=O) groups excluding carboxylic acids is 2. The number of carbonyl (C=O) groups is 2. The maximum Gasteiger partial charge on any atom is 0.328 e. The van der Waals surface area contributed by atoms with Gasteiger partial charge >= 0.3 is 6.03 Å². The summed E-state index contributed by atoms with van der Waals surface area (Å²) in [5, 5.41) is 0. The van der Waals surface area contributed by atoms with Crippen LogP contribution in [0, 0.1) is 0 Å². The van der Waals surface area contributed by atoms with Crippen molar-refractivity contribution in [3.05, 3.63) is 53.3 Å². The minimum atomic E-state index is -0.731. The predicted molar refractivity (Wildman–Crippen MR) is 94.1 cm³/mol. The summed E-state index contributed by atoms with van der Waals surface area (Å²) >= 11 is 0. The van der Waals surface area contributed by atoms with Crippen molar-refractivity contribution in [2.24, 2.45) is 5.73 Å². The van der Waals surface area contributed by atoms with Crippen LogP contribution in [0.25, 0.3) is 0 Å². The van der Waals surface area contributed by atoms with Gasteiger partial charge in [-0.1, -0.05) is 44.2 Å². The average molecular weight is 327 g/mol. The lowest BCUT2D eigenvalue weighted by molar-refractivity contribution is -0.127. The number of hydrogen-bond acceptors (Lipinski definition) is 3. The maximum absolute atomic E-state index is 12.6. The van der Waals surface area contributed by atoms with E-state index >= 15 is 0 Å². The first-order valence-electron chi connectivity index (χ1n) is 8.47. The van der Waals surface area contributed by atoms with Crippen LogP contribution in [0.15, 0.2) is 47.7 Å². The van der Waals surface area contributed by atoms with Gasteiger partial charge in [-0.05, 0) is 30.9 Å². The molecule has 0 bridgehead atoms. The van der Waals surface area contributed by atoms with E-state index < -0.39 is 6.17 Å². The summed E-state index contributed by atoms with van der Waals surface area (Å²) < 4.78 is 0. The Balaban J connectivity index is 2.29. The van der Waals surface area contributed by atoms with Crippen LogP contribution in [0.4, 0.5) is 4.79 Å². The lowest BCUT2D eigenvalue weighted by Crippen LogP contribution is -2.61. The Morgan fingerprint density at radius 1 is 1.12 bits per heavy atom. The van der Waals surface area contributed by atoms with E-state index in [0.29, 0.717) is 31.5 Å². The van der Waals surface area contributed by atoms with Crippen molar-refractivity contribution >= 4 is 11.9 Å². The van der Waals surface area contributed by atoms with Crippen LogP contribution < -0.4 is 5.73 Å². The van der Waals surface area contributed by atoms with Gasteiger partial charge in [0.1, 0.15) is 6.17 Å². The smallest absolute Gasteiger partial charge is 0.307 e. The Bertz CT molecular complexity index is 648. The highest BCUT2D eigenvalue weighted by Crippen LogP contribution is 2.19. The van der Waals surface area contributed by atoms with Gasteiger partial charge in [0, 0.05) is 13.1 Å². The highest BCUT2D eigenvalue weighted by Gasteiger charge is 2.39. The fourth-order valence-electron chi connectivity index (χ4n) is 2.73. The number of amides is 3. The molecule has 5 heteroatoms. The number of nitrogens with two attached hydrogens (primary N) is 1. The molecule has 1 heterocycles. The van der Waals surface area contributed by atoms with Crippen LogP contribution in [-0.4, -0.2) is 41.0 Å². The zero-order valence-corrected chi connectivity index (χ0v) is 14.4. The second kappa shape index (κ2) is 8.48. The third-order valence-electron chi connectivity index (χ3n) is 3.93. The Kier molecular flexibility index (Phi) is 6.36. The molecule has 1 unspecified atom stereocenters. The van der Waals surface area contributed by atoms with Crippen molar-refractivity contribution < 1.29 is 9.59 Å². The molecule has 1 atom stereocenters. The van der Waals surface area contributed by atoms with Crippen LogP contribution in [0.1, 0.15) is 32.3 Å². The third-order valence-corrected chi connectivity index (χ3v) is 3.93. The van der Waals surface area contributed by atoms with E-state index in [9.17, 15) is 9.59 Å². The largest absolute Gasteiger partial charge is 0.328 e. The second-order valence-corrected chi connectivity index (χ2v) is 5.83. The highest BCUT2D eigenvalue weighted by atomic mass is 16.2. The number of benzene rings is 1. The summed E-state index contributed by atoms with van der Waals surface area (Å²) in [5.74, 6) is -0.328. The molecule has 1 aliphatic rings. The van der Waals surface area contributed by atoms with Crippen molar-refractivity contribution in [3.63, 3.8) is 0 Å². The normalized spacial score (nSPS) is 18.0. The molecule has 128 valence electrons. The van der Waals surface area contributed by atoms with E-state index in [1.54, 1.807) is 4.90 Å². The first-order valence-corrected chi connectivity index (χ1v) is 8.47. The molecule has 1 aromatic carbocycles. The molecule has 0 radical (unpaired) electrons. The number of urea groups is 1. The van der Waals surface area contributed by atoms with Crippen molar-refractivity contribution in [2.45, 2.75) is 39.3 Å². The van der Waals surface area contributed by atoms with Crippen LogP contribution in [-0.2, 0) is 11.2 Å². The molecule has 2 N–H and O–H groups in total. The van der Waals surface area contributed by atoms with Gasteiger partial charge in [0.05, 0.1) is 5.57 Å². The molecule has 1 aliphatic heterocycles. The first kappa shape index (κ1) is 18.0. The number of hydrogen-bond donors (Lipinski definition) is 1. The Labute approximate surface area is 143 Å². The first-order chi connectivity index (χ1) is 11.6. The molecule has 24 heavy (non-hydrogen) atoms. The van der Waals surface area contributed by atoms with Gasteiger partial charge in [-0.3, -0.25) is 9.69 Å². The summed E-state index contributed by atoms with van der Waals surface area (Å²) in [4.78, 5) is 27.9. The van der Waals surface area contributed by atoms with E-state index in [0.717, 1.165) is 12.0 Å². The van der Waals surface area contributed by atoms with Crippen LogP contribution in [0.3, 0.4) is 0 Å². The topological polar surface area (TPSA) is 66.6 Å². The molecule has 1 aromatic rings. The van der Waals surface area contributed by atoms with Crippen molar-refractivity contribution in [1.29, 1.82) is 0 Å². The summed E-state index contributed by atoms with van der Waals surface area (Å²) in [7, 11) is 0. The minimum absolute atomic E-state index is 0.301. The van der Waals surface area contributed by atoms with Crippen molar-refractivity contribution in [3.8, 4) is 0 Å². The average Bonchev–Trinajstić information content (AvgIpc) is 2.59. The summed E-state index contributed by atoms with van der Waals surface area (Å²) in [6, 6.07) is 9.63. The van der Waals surface area contributed by atoms with Gasteiger partial charge in [-0.2, -0.15) is 0 Å². The molecular weight excluding hydrogens is 302 g/mol. The van der Waals surface area contributed by atoms with Gasteiger partial charge in [0.15, 0.2) is 0 Å². The second-order valence-electron chi connectivity index (χ2n) is 5.83. The zero-order valence-electron chi connectivity index (χ0n) is 14.4. The van der Waals surface area contributed by atoms with E-state index in [2.05, 4.69) is 5.73 Å². The predicted octanol–water partition coefficient (Wildman–Crippen LogP) is 2.68. The SMILES string of the molecule is CCCN1C(=O)C(=C=CCc2ccccc2)C(N)N(CCC)C1=O. The molecule has 1 saturated heterocycles. The molecule has 1 fully saturated rings. The fraction of sp³-hybridized carbons (Fsp3) is 0.421. The molecule has 3 amide bonds. The summed E-state index contributed by atoms with van der Waals surface area (Å²) in [5.41, 5.74) is 10.7. The van der Waals surface area contributed by atoms with Gasteiger partial charge < -0.3 is 10.6 Å². The number of nitrogens with zero attached hydrogens (tertiary/aromatic N) is 2. The van der Waals surface area contributed by atoms with E-state index in [4.69, 9.17) is 5.73 Å². The van der Waals surface area contributed by atoms with E-state index in [-0.39, 0.29) is 11.9 Å². The lowest BCUT2D eigenvalue weighted by atomic mass is 10.1. The van der Waals surface area contributed by atoms with Crippen molar-refractivity contribution in [2.75, 3.05) is 13.1 Å². The van der Waals surface area contributed by atoms with Crippen LogP contribution in [0.5, 0.6) is 0 Å². The van der Waals surface area contributed by atoms with Gasteiger partial charge in [0.25, 0.3) is 5.91 Å². The maximum atomic E-state index is 12.6. The number of rotatable bonds is 6. The molecule has 0 saturated carbocycles. The Morgan fingerprint density at radius 3 is 2.42 bits per heavy atom. The molecule has 5 nitrogen and oxygen atoms in total. The van der Waals surface area contributed by atoms with E-state index in [1.807, 2.05) is 50.3 Å². The minimum Gasteiger partial charge on any atom is -0.307 e. The summed E-state index contributed by atoms with van der Waals surface area (Å²) in [6.45, 7) is 4.84. The Hall–Kier alpha value is -2.36. The fourth-order valence-corrected chi connectivity index (χ4v) is 2.73.